The monoisotopic (exact) mass is 199 g/mol. The molecule has 0 aliphatic carbocycles. The number of fused-ring (bicyclic) bond motifs is 1. The molecule has 0 atom stereocenters. The maximum atomic E-state index is 8.46. The van der Waals surface area contributed by atoms with Gasteiger partial charge in [-0.15, -0.1) is 0 Å². The normalized spacial score (nSPS) is 9.93. The Morgan fingerprint density at radius 2 is 2.07 bits per heavy atom. The predicted molar refractivity (Wildman–Crippen MR) is 58.6 cm³/mol. The Labute approximate surface area is 87.4 Å². The van der Waals surface area contributed by atoms with Gasteiger partial charge in [0.2, 0.25) is 0 Å². The van der Waals surface area contributed by atoms with Crippen LogP contribution in [0.25, 0.3) is 21.3 Å². The number of aromatic nitrogens is 1. The molecule has 0 unspecified atom stereocenters. The lowest BCUT2D eigenvalue weighted by Gasteiger charge is -2.05. The maximum absolute atomic E-state index is 8.46. The van der Waals surface area contributed by atoms with Crippen LogP contribution in [0.3, 0.4) is 0 Å². The quantitative estimate of drug-likeness (QED) is 0.309. The summed E-state index contributed by atoms with van der Waals surface area (Å²) < 4.78 is 2.00. The molecule has 4 nitrogen and oxygen atoms in total. The third-order valence-electron chi connectivity index (χ3n) is 2.38. The number of azide groups is 1. The van der Waals surface area contributed by atoms with Crippen LogP contribution in [0, 0.1) is 0 Å². The van der Waals surface area contributed by atoms with Crippen LogP contribution in [0.4, 0.5) is 5.82 Å². The number of para-hydroxylation sites is 1. The van der Waals surface area contributed by atoms with Gasteiger partial charge in [0.15, 0.2) is 5.82 Å². The minimum atomic E-state index is 0.652. The van der Waals surface area contributed by atoms with Crippen LogP contribution in [-0.2, 0) is 6.54 Å². The zero-order valence-corrected chi connectivity index (χ0v) is 8.46. The third kappa shape index (κ3) is 1.63. The molecule has 0 saturated heterocycles. The molecule has 2 aromatic rings. The van der Waals surface area contributed by atoms with E-state index in [1.807, 2.05) is 47.9 Å². The van der Waals surface area contributed by atoms with Gasteiger partial charge in [0, 0.05) is 10.3 Å². The van der Waals surface area contributed by atoms with Crippen molar-refractivity contribution in [3.05, 3.63) is 46.8 Å². The van der Waals surface area contributed by atoms with E-state index in [-0.39, 0.29) is 0 Å². The predicted octanol–water partition coefficient (Wildman–Crippen LogP) is 3.09. The summed E-state index contributed by atoms with van der Waals surface area (Å²) in [5.41, 5.74) is 9.54. The molecule has 15 heavy (non-hydrogen) atoms. The van der Waals surface area contributed by atoms with Crippen molar-refractivity contribution in [1.29, 1.82) is 0 Å². The second kappa shape index (κ2) is 3.98. The lowest BCUT2D eigenvalue weighted by molar-refractivity contribution is -0.654. The Hall–Kier alpha value is -2.06. The molecular formula is C11H11N4+. The molecule has 1 aromatic carbocycles. The lowest BCUT2D eigenvalue weighted by Crippen LogP contribution is -2.33. The third-order valence-corrected chi connectivity index (χ3v) is 2.38. The van der Waals surface area contributed by atoms with Crippen LogP contribution >= 0.6 is 0 Å². The first-order valence-corrected chi connectivity index (χ1v) is 4.83. The number of aryl methyl sites for hydroxylation is 1. The molecule has 0 N–H and O–H groups in total. The zero-order chi connectivity index (χ0) is 10.7. The number of hydrogen-bond acceptors (Lipinski definition) is 1. The fourth-order valence-corrected chi connectivity index (χ4v) is 1.72. The van der Waals surface area contributed by atoms with Gasteiger partial charge >= 0.3 is 0 Å². The number of rotatable bonds is 2. The Morgan fingerprint density at radius 1 is 1.27 bits per heavy atom. The van der Waals surface area contributed by atoms with Crippen molar-refractivity contribution in [2.24, 2.45) is 5.11 Å². The van der Waals surface area contributed by atoms with Crippen LogP contribution in [0.2, 0.25) is 0 Å². The van der Waals surface area contributed by atoms with E-state index in [0.717, 1.165) is 17.4 Å². The molecule has 4 heteroatoms. The molecule has 0 radical (unpaired) electrons. The van der Waals surface area contributed by atoms with Gasteiger partial charge in [0.1, 0.15) is 5.52 Å². The molecule has 0 saturated carbocycles. The molecule has 74 valence electrons. The highest BCUT2D eigenvalue weighted by Gasteiger charge is 2.05. The van der Waals surface area contributed by atoms with Crippen molar-refractivity contribution in [3.8, 4) is 0 Å². The first kappa shape index (κ1) is 9.49. The van der Waals surface area contributed by atoms with Gasteiger partial charge < -0.3 is 0 Å². The van der Waals surface area contributed by atoms with Crippen LogP contribution in [-0.4, -0.2) is 0 Å². The van der Waals surface area contributed by atoms with Crippen molar-refractivity contribution in [2.45, 2.75) is 13.5 Å². The van der Waals surface area contributed by atoms with E-state index in [9.17, 15) is 0 Å². The smallest absolute Gasteiger partial charge is 0.188 e. The van der Waals surface area contributed by atoms with Gasteiger partial charge in [-0.05, 0) is 35.8 Å². The first-order valence-electron chi connectivity index (χ1n) is 4.83. The molecule has 0 spiro atoms. The van der Waals surface area contributed by atoms with E-state index in [1.54, 1.807) is 0 Å². The first-order chi connectivity index (χ1) is 7.36. The molecule has 1 aromatic heterocycles. The van der Waals surface area contributed by atoms with Gasteiger partial charge in [-0.1, -0.05) is 18.2 Å². The SMILES string of the molecule is CC[n+]1c(N=[N+]=[N-])ccc2ccccc21. The topological polar surface area (TPSA) is 52.6 Å². The summed E-state index contributed by atoms with van der Waals surface area (Å²) in [6, 6.07) is 11.8. The van der Waals surface area contributed by atoms with Gasteiger partial charge in [-0.25, -0.2) is 0 Å². The Morgan fingerprint density at radius 3 is 2.80 bits per heavy atom. The Kier molecular flexibility index (Phi) is 2.52. The average Bonchev–Trinajstić information content (AvgIpc) is 2.29. The highest BCUT2D eigenvalue weighted by Crippen LogP contribution is 2.14. The summed E-state index contributed by atoms with van der Waals surface area (Å²) in [7, 11) is 0. The molecule has 2 rings (SSSR count). The van der Waals surface area contributed by atoms with E-state index in [1.165, 1.54) is 0 Å². The van der Waals surface area contributed by atoms with E-state index < -0.39 is 0 Å². The minimum Gasteiger partial charge on any atom is -0.259 e. The zero-order valence-electron chi connectivity index (χ0n) is 8.46. The Bertz CT molecular complexity index is 541. The lowest BCUT2D eigenvalue weighted by atomic mass is 10.2. The molecule has 0 fully saturated rings. The fraction of sp³-hybridized carbons (Fsp3) is 0.182. The Balaban J connectivity index is 2.80. The van der Waals surface area contributed by atoms with Crippen molar-refractivity contribution < 1.29 is 4.57 Å². The van der Waals surface area contributed by atoms with Crippen LogP contribution in [0.5, 0.6) is 0 Å². The molecule has 0 bridgehead atoms. The summed E-state index contributed by atoms with van der Waals surface area (Å²) in [4.78, 5) is 2.83. The number of nitrogens with zero attached hydrogens (tertiary/aromatic N) is 4. The average molecular weight is 199 g/mol. The number of pyridine rings is 1. The summed E-state index contributed by atoms with van der Waals surface area (Å²) in [5.74, 6) is 0.652. The van der Waals surface area contributed by atoms with Crippen molar-refractivity contribution in [3.63, 3.8) is 0 Å². The van der Waals surface area contributed by atoms with Crippen LogP contribution in [0.1, 0.15) is 6.92 Å². The largest absolute Gasteiger partial charge is 0.259 e. The van der Waals surface area contributed by atoms with Crippen LogP contribution in [0.15, 0.2) is 41.5 Å². The van der Waals surface area contributed by atoms with Crippen molar-refractivity contribution >= 4 is 16.7 Å². The molecular weight excluding hydrogens is 188 g/mol. The van der Waals surface area contributed by atoms with Crippen molar-refractivity contribution in [1.82, 2.24) is 0 Å². The van der Waals surface area contributed by atoms with Crippen LogP contribution < -0.4 is 4.57 Å². The van der Waals surface area contributed by atoms with Gasteiger partial charge in [0.05, 0.1) is 6.54 Å². The molecule has 0 aliphatic heterocycles. The van der Waals surface area contributed by atoms with E-state index in [0.29, 0.717) is 5.82 Å². The highest BCUT2D eigenvalue weighted by molar-refractivity contribution is 5.76. The summed E-state index contributed by atoms with van der Waals surface area (Å²) in [5, 5.41) is 4.82. The highest BCUT2D eigenvalue weighted by atomic mass is 15.2. The number of benzene rings is 1. The standard InChI is InChI=1S/C11H11N4/c1-2-15-10-6-4-3-5-9(10)7-8-11(15)13-14-12/h3-8H,2H2,1H3/q+1. The second-order valence-corrected chi connectivity index (χ2v) is 3.18. The van der Waals surface area contributed by atoms with E-state index >= 15 is 0 Å². The van der Waals surface area contributed by atoms with Crippen molar-refractivity contribution in [2.75, 3.05) is 0 Å². The molecule has 1 heterocycles. The summed E-state index contributed by atoms with van der Waals surface area (Å²) in [6.45, 7) is 2.82. The second-order valence-electron chi connectivity index (χ2n) is 3.18. The summed E-state index contributed by atoms with van der Waals surface area (Å²) in [6.07, 6.45) is 0. The fourth-order valence-electron chi connectivity index (χ4n) is 1.72. The molecule has 0 aliphatic rings. The number of hydrogen-bond donors (Lipinski definition) is 0. The maximum Gasteiger partial charge on any atom is 0.188 e. The minimum absolute atomic E-state index is 0.652. The van der Waals surface area contributed by atoms with Gasteiger partial charge in [-0.2, -0.15) is 0 Å². The van der Waals surface area contributed by atoms with E-state index in [4.69, 9.17) is 5.53 Å². The molecule has 0 amide bonds. The summed E-state index contributed by atoms with van der Waals surface area (Å²) >= 11 is 0. The van der Waals surface area contributed by atoms with Gasteiger partial charge in [0.25, 0.3) is 0 Å². The van der Waals surface area contributed by atoms with E-state index in [2.05, 4.69) is 10.0 Å². The van der Waals surface area contributed by atoms with Gasteiger partial charge in [-0.3, -0.25) is 4.57 Å².